The van der Waals surface area contributed by atoms with Gasteiger partial charge in [0.05, 0.1) is 11.8 Å². The fourth-order valence-electron chi connectivity index (χ4n) is 1.84. The van der Waals surface area contributed by atoms with Gasteiger partial charge >= 0.3 is 0 Å². The summed E-state index contributed by atoms with van der Waals surface area (Å²) in [7, 11) is 0. The summed E-state index contributed by atoms with van der Waals surface area (Å²) in [6, 6.07) is 0. The zero-order chi connectivity index (χ0) is 9.10. The van der Waals surface area contributed by atoms with E-state index in [0.717, 1.165) is 31.0 Å². The Morgan fingerprint density at radius 3 is 3.08 bits per heavy atom. The van der Waals surface area contributed by atoms with Gasteiger partial charge in [-0.1, -0.05) is 12.2 Å². The molecule has 13 heavy (non-hydrogen) atoms. The van der Waals surface area contributed by atoms with E-state index in [1.54, 1.807) is 0 Å². The van der Waals surface area contributed by atoms with Gasteiger partial charge in [0, 0.05) is 12.3 Å². The molecule has 1 aliphatic carbocycles. The standard InChI is InChI=1S/C10H15NOS/c12-10(11-6-7-13-8-11)9-4-2-1-3-5-9/h2,4,9H,1,3,5-8H2. The highest BCUT2D eigenvalue weighted by atomic mass is 32.2. The molecule has 2 nitrogen and oxygen atoms in total. The molecule has 2 aliphatic rings. The van der Waals surface area contributed by atoms with E-state index in [4.69, 9.17) is 0 Å². The second-order valence-electron chi connectivity index (χ2n) is 3.60. The van der Waals surface area contributed by atoms with Gasteiger partial charge < -0.3 is 4.90 Å². The Balaban J connectivity index is 1.94. The van der Waals surface area contributed by atoms with Crippen molar-refractivity contribution < 1.29 is 4.79 Å². The summed E-state index contributed by atoms with van der Waals surface area (Å²) in [5.41, 5.74) is 0. The lowest BCUT2D eigenvalue weighted by atomic mass is 9.95. The van der Waals surface area contributed by atoms with Gasteiger partial charge in [0.1, 0.15) is 0 Å². The molecule has 0 spiro atoms. The summed E-state index contributed by atoms with van der Waals surface area (Å²) >= 11 is 1.86. The molecular formula is C10H15NOS. The molecule has 0 aromatic carbocycles. The summed E-state index contributed by atoms with van der Waals surface area (Å²) in [5.74, 6) is 2.55. The number of thioether (sulfide) groups is 1. The van der Waals surface area contributed by atoms with E-state index in [1.807, 2.05) is 16.7 Å². The number of hydrogen-bond acceptors (Lipinski definition) is 2. The number of amides is 1. The van der Waals surface area contributed by atoms with E-state index in [1.165, 1.54) is 6.42 Å². The van der Waals surface area contributed by atoms with E-state index >= 15 is 0 Å². The van der Waals surface area contributed by atoms with Gasteiger partial charge in [-0.25, -0.2) is 0 Å². The van der Waals surface area contributed by atoms with Gasteiger partial charge in [0.25, 0.3) is 0 Å². The normalized spacial score (nSPS) is 28.0. The van der Waals surface area contributed by atoms with Gasteiger partial charge in [-0.3, -0.25) is 4.79 Å². The Morgan fingerprint density at radius 2 is 2.46 bits per heavy atom. The monoisotopic (exact) mass is 197 g/mol. The molecule has 0 radical (unpaired) electrons. The van der Waals surface area contributed by atoms with Crippen molar-refractivity contribution >= 4 is 17.7 Å². The first-order valence-corrected chi connectivity index (χ1v) is 6.06. The highest BCUT2D eigenvalue weighted by molar-refractivity contribution is 7.99. The molecular weight excluding hydrogens is 182 g/mol. The molecule has 72 valence electrons. The number of carbonyl (C=O) groups is 1. The lowest BCUT2D eigenvalue weighted by molar-refractivity contribution is -0.132. The van der Waals surface area contributed by atoms with Crippen molar-refractivity contribution in [3.8, 4) is 0 Å². The highest BCUT2D eigenvalue weighted by Crippen LogP contribution is 2.22. The van der Waals surface area contributed by atoms with Crippen LogP contribution in [0.4, 0.5) is 0 Å². The van der Waals surface area contributed by atoms with Crippen molar-refractivity contribution in [2.75, 3.05) is 18.2 Å². The number of nitrogens with zero attached hydrogens (tertiary/aromatic N) is 1. The molecule has 3 heteroatoms. The molecule has 1 atom stereocenters. The summed E-state index contributed by atoms with van der Waals surface area (Å²) in [5, 5.41) is 0. The minimum absolute atomic E-state index is 0.187. The van der Waals surface area contributed by atoms with E-state index < -0.39 is 0 Å². The summed E-state index contributed by atoms with van der Waals surface area (Å²) < 4.78 is 0. The van der Waals surface area contributed by atoms with Crippen LogP contribution in [0, 0.1) is 5.92 Å². The summed E-state index contributed by atoms with van der Waals surface area (Å²) in [6.45, 7) is 0.952. The Hall–Kier alpha value is -0.440. The van der Waals surface area contributed by atoms with E-state index in [9.17, 15) is 4.79 Å². The van der Waals surface area contributed by atoms with Crippen molar-refractivity contribution in [1.29, 1.82) is 0 Å². The number of hydrogen-bond donors (Lipinski definition) is 0. The van der Waals surface area contributed by atoms with Crippen LogP contribution in [0.2, 0.25) is 0 Å². The van der Waals surface area contributed by atoms with Crippen LogP contribution in [0.5, 0.6) is 0 Å². The average Bonchev–Trinajstić information content (AvgIpc) is 2.71. The first-order valence-electron chi connectivity index (χ1n) is 4.91. The molecule has 0 aromatic rings. The maximum atomic E-state index is 11.9. The van der Waals surface area contributed by atoms with Crippen LogP contribution < -0.4 is 0 Å². The Morgan fingerprint density at radius 1 is 1.54 bits per heavy atom. The molecule has 1 aliphatic heterocycles. The molecule has 1 amide bonds. The lowest BCUT2D eigenvalue weighted by Crippen LogP contribution is -2.33. The summed E-state index contributed by atoms with van der Waals surface area (Å²) in [4.78, 5) is 13.9. The molecule has 1 unspecified atom stereocenters. The second-order valence-corrected chi connectivity index (χ2v) is 4.68. The third kappa shape index (κ3) is 2.08. The zero-order valence-electron chi connectivity index (χ0n) is 7.74. The first-order chi connectivity index (χ1) is 6.38. The van der Waals surface area contributed by atoms with E-state index in [0.29, 0.717) is 5.91 Å². The van der Waals surface area contributed by atoms with Gasteiger partial charge in [-0.15, -0.1) is 11.8 Å². The zero-order valence-corrected chi connectivity index (χ0v) is 8.55. The maximum Gasteiger partial charge on any atom is 0.230 e. The maximum absolute atomic E-state index is 11.9. The van der Waals surface area contributed by atoms with Crippen molar-refractivity contribution in [1.82, 2.24) is 4.90 Å². The van der Waals surface area contributed by atoms with Crippen LogP contribution in [-0.4, -0.2) is 29.0 Å². The van der Waals surface area contributed by atoms with Crippen LogP contribution in [0.15, 0.2) is 12.2 Å². The number of carbonyl (C=O) groups excluding carboxylic acids is 1. The minimum atomic E-state index is 0.187. The highest BCUT2D eigenvalue weighted by Gasteiger charge is 2.25. The topological polar surface area (TPSA) is 20.3 Å². The van der Waals surface area contributed by atoms with Crippen molar-refractivity contribution in [3.63, 3.8) is 0 Å². The predicted molar refractivity (Wildman–Crippen MR) is 55.5 cm³/mol. The third-order valence-electron chi connectivity index (χ3n) is 2.64. The van der Waals surface area contributed by atoms with E-state index in [2.05, 4.69) is 12.2 Å². The SMILES string of the molecule is O=C(C1C=CCCC1)N1CCSC1. The molecule has 0 N–H and O–H groups in total. The minimum Gasteiger partial charge on any atom is -0.332 e. The first kappa shape index (κ1) is 9.13. The third-order valence-corrected chi connectivity index (χ3v) is 3.60. The Labute approximate surface area is 83.4 Å². The smallest absolute Gasteiger partial charge is 0.230 e. The quantitative estimate of drug-likeness (QED) is 0.598. The fraction of sp³-hybridized carbons (Fsp3) is 0.700. The van der Waals surface area contributed by atoms with Crippen LogP contribution >= 0.6 is 11.8 Å². The van der Waals surface area contributed by atoms with Crippen LogP contribution in [0.3, 0.4) is 0 Å². The largest absolute Gasteiger partial charge is 0.332 e. The Bertz CT molecular complexity index is 221. The Kier molecular flexibility index (Phi) is 2.94. The van der Waals surface area contributed by atoms with E-state index in [-0.39, 0.29) is 5.92 Å². The van der Waals surface area contributed by atoms with Crippen LogP contribution in [0.1, 0.15) is 19.3 Å². The molecule has 2 rings (SSSR count). The summed E-state index contributed by atoms with van der Waals surface area (Å²) in [6.07, 6.45) is 7.62. The van der Waals surface area contributed by atoms with Crippen molar-refractivity contribution in [2.45, 2.75) is 19.3 Å². The second kappa shape index (κ2) is 4.18. The number of rotatable bonds is 1. The molecule has 1 heterocycles. The van der Waals surface area contributed by atoms with Gasteiger partial charge in [-0.2, -0.15) is 0 Å². The van der Waals surface area contributed by atoms with Gasteiger partial charge in [0.15, 0.2) is 0 Å². The average molecular weight is 197 g/mol. The predicted octanol–water partition coefficient (Wildman–Crippen LogP) is 1.88. The molecule has 0 saturated carbocycles. The van der Waals surface area contributed by atoms with Gasteiger partial charge in [0.2, 0.25) is 5.91 Å². The van der Waals surface area contributed by atoms with Crippen molar-refractivity contribution in [3.05, 3.63) is 12.2 Å². The van der Waals surface area contributed by atoms with Crippen molar-refractivity contribution in [2.24, 2.45) is 5.92 Å². The molecule has 1 saturated heterocycles. The molecule has 0 bridgehead atoms. The lowest BCUT2D eigenvalue weighted by Gasteiger charge is -2.21. The molecule has 0 aromatic heterocycles. The fourth-order valence-corrected chi connectivity index (χ4v) is 2.80. The van der Waals surface area contributed by atoms with Crippen LogP contribution in [0.25, 0.3) is 0 Å². The number of allylic oxidation sites excluding steroid dienone is 1. The van der Waals surface area contributed by atoms with Crippen LogP contribution in [-0.2, 0) is 4.79 Å². The van der Waals surface area contributed by atoms with Gasteiger partial charge in [-0.05, 0) is 19.3 Å². The molecule has 1 fully saturated rings.